The van der Waals surface area contributed by atoms with Crippen LogP contribution in [-0.4, -0.2) is 79.2 Å². The minimum absolute atomic E-state index is 0.103. The Kier molecular flexibility index (Phi) is 6.79. The van der Waals surface area contributed by atoms with Gasteiger partial charge in [-0.15, -0.1) is 0 Å². The third kappa shape index (κ3) is 4.82. The van der Waals surface area contributed by atoms with Crippen LogP contribution in [0.1, 0.15) is 18.4 Å². The Morgan fingerprint density at radius 3 is 2.37 bits per heavy atom. The fourth-order valence-electron chi connectivity index (χ4n) is 3.63. The van der Waals surface area contributed by atoms with E-state index in [0.29, 0.717) is 25.3 Å². The van der Waals surface area contributed by atoms with Crippen molar-refractivity contribution >= 4 is 21.6 Å². The molecular formula is C20H28N4O5S. The van der Waals surface area contributed by atoms with Gasteiger partial charge in [0.25, 0.3) is 0 Å². The highest BCUT2D eigenvalue weighted by atomic mass is 32.2. The fourth-order valence-corrected chi connectivity index (χ4v) is 5.35. The number of carbonyl (C=O) groups excluding carboxylic acids is 1. The summed E-state index contributed by atoms with van der Waals surface area (Å²) in [7, 11) is -3.72. The molecular weight excluding hydrogens is 408 g/mol. The third-order valence-corrected chi connectivity index (χ3v) is 7.23. The van der Waals surface area contributed by atoms with E-state index in [-0.39, 0.29) is 36.2 Å². The zero-order valence-corrected chi connectivity index (χ0v) is 18.3. The van der Waals surface area contributed by atoms with Crippen molar-refractivity contribution in [3.63, 3.8) is 0 Å². The number of nitrogens with zero attached hydrogens (tertiary/aromatic N) is 4. The van der Waals surface area contributed by atoms with Crippen molar-refractivity contribution in [2.75, 3.05) is 44.2 Å². The third-order valence-electron chi connectivity index (χ3n) is 5.09. The molecule has 0 radical (unpaired) electrons. The van der Waals surface area contributed by atoms with Crippen LogP contribution in [0.5, 0.6) is 0 Å². The number of piperazine rings is 1. The number of benzene rings is 1. The number of carbonyl (C=O) groups is 1. The summed E-state index contributed by atoms with van der Waals surface area (Å²) in [4.78, 5) is 16.5. The molecule has 1 aromatic carbocycles. The molecule has 1 atom stereocenters. The van der Waals surface area contributed by atoms with Crippen LogP contribution in [-0.2, 0) is 14.8 Å². The zero-order valence-electron chi connectivity index (χ0n) is 17.5. The van der Waals surface area contributed by atoms with Crippen molar-refractivity contribution in [2.45, 2.75) is 31.8 Å². The van der Waals surface area contributed by atoms with E-state index in [2.05, 4.69) is 5.16 Å². The minimum atomic E-state index is -3.72. The summed E-state index contributed by atoms with van der Waals surface area (Å²) in [5.41, 5.74) is 1.19. The molecule has 30 heavy (non-hydrogen) atoms. The lowest BCUT2D eigenvalue weighted by atomic mass is 10.2. The van der Waals surface area contributed by atoms with Gasteiger partial charge in [0.1, 0.15) is 10.6 Å². The van der Waals surface area contributed by atoms with Gasteiger partial charge in [0.15, 0.2) is 5.76 Å². The van der Waals surface area contributed by atoms with Gasteiger partial charge in [0, 0.05) is 38.4 Å². The molecule has 0 spiro atoms. The molecule has 0 bridgehead atoms. The number of aliphatic hydroxyl groups is 1. The number of para-hydroxylation sites is 1. The molecule has 3 rings (SSSR count). The van der Waals surface area contributed by atoms with E-state index in [1.165, 1.54) is 4.31 Å². The van der Waals surface area contributed by atoms with Gasteiger partial charge in [0.2, 0.25) is 15.9 Å². The number of anilines is 1. The summed E-state index contributed by atoms with van der Waals surface area (Å²) >= 11 is 0. The van der Waals surface area contributed by atoms with Crippen molar-refractivity contribution < 1.29 is 22.8 Å². The smallest absolute Gasteiger partial charge is 0.248 e. The molecule has 1 aliphatic rings. The Hall–Kier alpha value is -2.43. The van der Waals surface area contributed by atoms with Crippen LogP contribution in [0.25, 0.3) is 0 Å². The van der Waals surface area contributed by atoms with E-state index in [0.717, 1.165) is 5.69 Å². The molecule has 0 saturated carbocycles. The Labute approximate surface area is 176 Å². The van der Waals surface area contributed by atoms with Gasteiger partial charge >= 0.3 is 0 Å². The SMILES string of the molecule is Cc1noc(C)c1S(=O)(=O)N1CCN(C(=O)CN(CC(C)O)c2ccccc2)CC1. The molecule has 9 nitrogen and oxygen atoms in total. The number of sulfonamides is 1. The van der Waals surface area contributed by atoms with Crippen LogP contribution >= 0.6 is 0 Å². The zero-order chi connectivity index (χ0) is 21.9. The summed E-state index contributed by atoms with van der Waals surface area (Å²) in [5.74, 6) is 0.163. The second-order valence-corrected chi connectivity index (χ2v) is 9.38. The standard InChI is InChI=1S/C20H28N4O5S/c1-15(25)13-23(18-7-5-4-6-8-18)14-19(26)22-9-11-24(12-10-22)30(27,28)20-16(2)21-29-17(20)3/h4-8,15,25H,9-14H2,1-3H3. The van der Waals surface area contributed by atoms with Gasteiger partial charge in [-0.05, 0) is 32.9 Å². The van der Waals surface area contributed by atoms with E-state index in [1.807, 2.05) is 35.2 Å². The molecule has 2 heterocycles. The predicted molar refractivity (Wildman–Crippen MR) is 112 cm³/mol. The van der Waals surface area contributed by atoms with Crippen molar-refractivity contribution in [2.24, 2.45) is 0 Å². The van der Waals surface area contributed by atoms with E-state index < -0.39 is 16.1 Å². The number of aromatic nitrogens is 1. The Morgan fingerprint density at radius 1 is 1.20 bits per heavy atom. The Morgan fingerprint density at radius 2 is 1.83 bits per heavy atom. The molecule has 1 aliphatic heterocycles. The van der Waals surface area contributed by atoms with Crippen LogP contribution in [0.3, 0.4) is 0 Å². The highest BCUT2D eigenvalue weighted by molar-refractivity contribution is 7.89. The molecule has 1 fully saturated rings. The summed E-state index contributed by atoms with van der Waals surface area (Å²) in [5, 5.41) is 13.5. The molecule has 1 unspecified atom stereocenters. The molecule has 2 aromatic rings. The molecule has 1 N–H and O–H groups in total. The Bertz CT molecular complexity index is 947. The predicted octanol–water partition coefficient (Wildman–Crippen LogP) is 1.01. The van der Waals surface area contributed by atoms with Gasteiger partial charge in [-0.1, -0.05) is 23.4 Å². The number of amides is 1. The van der Waals surface area contributed by atoms with Gasteiger partial charge < -0.3 is 19.4 Å². The lowest BCUT2D eigenvalue weighted by Gasteiger charge is -2.35. The summed E-state index contributed by atoms with van der Waals surface area (Å²) in [6.45, 7) is 6.33. The second-order valence-electron chi connectivity index (χ2n) is 7.50. The quantitative estimate of drug-likeness (QED) is 0.690. The fraction of sp³-hybridized carbons (Fsp3) is 0.500. The molecule has 1 saturated heterocycles. The minimum Gasteiger partial charge on any atom is -0.392 e. The van der Waals surface area contributed by atoms with Crippen molar-refractivity contribution in [3.05, 3.63) is 41.8 Å². The number of aryl methyl sites for hydroxylation is 2. The maximum absolute atomic E-state index is 12.9. The van der Waals surface area contributed by atoms with Crippen LogP contribution in [0, 0.1) is 13.8 Å². The monoisotopic (exact) mass is 436 g/mol. The summed E-state index contributed by atoms with van der Waals surface area (Å²) < 4.78 is 32.2. The van der Waals surface area contributed by atoms with Gasteiger partial charge in [-0.2, -0.15) is 4.31 Å². The summed E-state index contributed by atoms with van der Waals surface area (Å²) in [6, 6.07) is 9.44. The lowest BCUT2D eigenvalue weighted by Crippen LogP contribution is -2.53. The lowest BCUT2D eigenvalue weighted by molar-refractivity contribution is -0.130. The average molecular weight is 437 g/mol. The van der Waals surface area contributed by atoms with Crippen LogP contribution in [0.4, 0.5) is 5.69 Å². The van der Waals surface area contributed by atoms with Crippen molar-refractivity contribution in [1.82, 2.24) is 14.4 Å². The number of hydrogen-bond acceptors (Lipinski definition) is 7. The maximum atomic E-state index is 12.9. The van der Waals surface area contributed by atoms with Gasteiger partial charge in [-0.25, -0.2) is 8.42 Å². The number of rotatable bonds is 7. The highest BCUT2D eigenvalue weighted by Crippen LogP contribution is 2.24. The normalized spacial score (nSPS) is 16.5. The molecule has 1 amide bonds. The highest BCUT2D eigenvalue weighted by Gasteiger charge is 2.34. The van der Waals surface area contributed by atoms with Gasteiger partial charge in [-0.3, -0.25) is 4.79 Å². The molecule has 10 heteroatoms. The first kappa shape index (κ1) is 22.3. The van der Waals surface area contributed by atoms with E-state index >= 15 is 0 Å². The van der Waals surface area contributed by atoms with E-state index in [9.17, 15) is 18.3 Å². The van der Waals surface area contributed by atoms with Crippen molar-refractivity contribution in [3.8, 4) is 0 Å². The molecule has 1 aromatic heterocycles. The second kappa shape index (κ2) is 9.15. The van der Waals surface area contributed by atoms with E-state index in [4.69, 9.17) is 4.52 Å². The number of aliphatic hydroxyl groups excluding tert-OH is 1. The number of hydrogen-bond donors (Lipinski definition) is 1. The first-order valence-electron chi connectivity index (χ1n) is 9.89. The van der Waals surface area contributed by atoms with Crippen molar-refractivity contribution in [1.29, 1.82) is 0 Å². The van der Waals surface area contributed by atoms with Crippen LogP contribution in [0.2, 0.25) is 0 Å². The molecule has 0 aliphatic carbocycles. The first-order chi connectivity index (χ1) is 14.2. The average Bonchev–Trinajstić information content (AvgIpc) is 3.06. The largest absolute Gasteiger partial charge is 0.392 e. The first-order valence-corrected chi connectivity index (χ1v) is 11.3. The topological polar surface area (TPSA) is 107 Å². The van der Waals surface area contributed by atoms with Gasteiger partial charge in [0.05, 0.1) is 12.6 Å². The van der Waals surface area contributed by atoms with Crippen LogP contribution < -0.4 is 4.90 Å². The maximum Gasteiger partial charge on any atom is 0.248 e. The Balaban J connectivity index is 1.65. The van der Waals surface area contributed by atoms with E-state index in [1.54, 1.807) is 25.7 Å². The molecule has 164 valence electrons. The summed E-state index contributed by atoms with van der Waals surface area (Å²) in [6.07, 6.45) is -0.588. The van der Waals surface area contributed by atoms with Crippen LogP contribution in [0.15, 0.2) is 39.8 Å².